The third-order valence-electron chi connectivity index (χ3n) is 4.32. The molecule has 1 aromatic heterocycles. The summed E-state index contributed by atoms with van der Waals surface area (Å²) in [5.41, 5.74) is 1.82. The molecule has 0 aliphatic carbocycles. The Morgan fingerprint density at radius 2 is 1.46 bits per heavy atom. The molecule has 146 valence electrons. The topological polar surface area (TPSA) is 68.9 Å². The summed E-state index contributed by atoms with van der Waals surface area (Å²) >= 11 is 0. The van der Waals surface area contributed by atoms with E-state index in [1.54, 1.807) is 18.2 Å². The van der Waals surface area contributed by atoms with Crippen LogP contribution >= 0.6 is 0 Å². The van der Waals surface area contributed by atoms with Crippen LogP contribution in [0.5, 0.6) is 11.5 Å². The van der Waals surface area contributed by atoms with Crippen molar-refractivity contribution in [2.45, 2.75) is 25.1 Å². The molecule has 1 aliphatic heterocycles. The molecule has 0 amide bonds. The fourth-order valence-corrected chi connectivity index (χ4v) is 2.89. The van der Waals surface area contributed by atoms with Gasteiger partial charge < -0.3 is 19.0 Å². The van der Waals surface area contributed by atoms with Crippen LogP contribution in [-0.2, 0) is 12.8 Å². The lowest BCUT2D eigenvalue weighted by Crippen LogP contribution is -2.52. The maximum atomic E-state index is 13.3. The van der Waals surface area contributed by atoms with Gasteiger partial charge in [-0.15, -0.1) is 0 Å². The first kappa shape index (κ1) is 18.1. The Hall–Kier alpha value is -3.23. The molecular weight excluding hydrogens is 384 g/mol. The van der Waals surface area contributed by atoms with Gasteiger partial charge in [-0.05, 0) is 48.2 Å². The second-order valence-corrected chi connectivity index (χ2v) is 6.31. The van der Waals surface area contributed by atoms with Gasteiger partial charge in [-0.1, -0.05) is 18.2 Å². The molecule has 0 atom stereocenters. The monoisotopic (exact) mass is 396 g/mol. The molecule has 0 saturated carbocycles. The first-order valence-corrected chi connectivity index (χ1v) is 8.17. The van der Waals surface area contributed by atoms with E-state index < -0.39 is 29.7 Å². The molecule has 3 aromatic rings. The van der Waals surface area contributed by atoms with Crippen molar-refractivity contribution >= 4 is 16.9 Å². The third-order valence-corrected chi connectivity index (χ3v) is 4.32. The van der Waals surface area contributed by atoms with E-state index in [-0.39, 0.29) is 5.76 Å². The SMILES string of the molecule is O=C(O)c1cc2ccc(CCc3ccc4c(c3)OC(F)(F)C(F)(F)O4)cc2o1. The highest BCUT2D eigenvalue weighted by Gasteiger charge is 2.65. The minimum atomic E-state index is -4.76. The second kappa shape index (κ2) is 6.15. The number of furan rings is 1. The fourth-order valence-electron chi connectivity index (χ4n) is 2.89. The van der Waals surface area contributed by atoms with Gasteiger partial charge in [0.1, 0.15) is 5.58 Å². The Balaban J connectivity index is 1.51. The minimum absolute atomic E-state index is 0.170. The van der Waals surface area contributed by atoms with E-state index >= 15 is 0 Å². The number of carboxylic acids is 1. The highest BCUT2D eigenvalue weighted by Crippen LogP contribution is 2.47. The van der Waals surface area contributed by atoms with Crippen molar-refractivity contribution in [1.29, 1.82) is 0 Å². The fraction of sp³-hybridized carbons (Fsp3) is 0.211. The molecule has 2 heterocycles. The molecule has 5 nitrogen and oxygen atoms in total. The number of halogens is 4. The number of benzene rings is 2. The number of ether oxygens (including phenoxy) is 2. The molecule has 1 aliphatic rings. The van der Waals surface area contributed by atoms with E-state index in [1.807, 2.05) is 0 Å². The third kappa shape index (κ3) is 3.12. The Labute approximate surface area is 155 Å². The van der Waals surface area contributed by atoms with Gasteiger partial charge in [-0.25, -0.2) is 4.79 Å². The van der Waals surface area contributed by atoms with Crippen molar-refractivity contribution in [3.8, 4) is 11.5 Å². The van der Waals surface area contributed by atoms with Gasteiger partial charge >= 0.3 is 18.2 Å². The quantitative estimate of drug-likeness (QED) is 0.637. The van der Waals surface area contributed by atoms with Crippen LogP contribution in [0.2, 0.25) is 0 Å². The van der Waals surface area contributed by atoms with Crippen LogP contribution in [0, 0.1) is 0 Å². The summed E-state index contributed by atoms with van der Waals surface area (Å²) in [6.07, 6.45) is -8.62. The van der Waals surface area contributed by atoms with E-state index in [0.29, 0.717) is 29.4 Å². The second-order valence-electron chi connectivity index (χ2n) is 6.31. The molecule has 0 unspecified atom stereocenters. The molecular formula is C19H12F4O5. The van der Waals surface area contributed by atoms with Crippen molar-refractivity contribution < 1.29 is 41.4 Å². The van der Waals surface area contributed by atoms with Crippen LogP contribution in [0.25, 0.3) is 11.0 Å². The minimum Gasteiger partial charge on any atom is -0.475 e. The Kier molecular flexibility index (Phi) is 3.99. The number of alkyl halides is 4. The van der Waals surface area contributed by atoms with Crippen molar-refractivity contribution in [1.82, 2.24) is 0 Å². The molecule has 28 heavy (non-hydrogen) atoms. The highest BCUT2D eigenvalue weighted by atomic mass is 19.3. The molecule has 0 fully saturated rings. The summed E-state index contributed by atoms with van der Waals surface area (Å²) in [6.45, 7) is 0. The number of fused-ring (bicyclic) bond motifs is 2. The largest absolute Gasteiger partial charge is 0.507 e. The summed E-state index contributed by atoms with van der Waals surface area (Å²) in [5, 5.41) is 9.60. The number of carboxylic acid groups (broad SMARTS) is 1. The summed E-state index contributed by atoms with van der Waals surface area (Å²) in [4.78, 5) is 11.0. The summed E-state index contributed by atoms with van der Waals surface area (Å²) in [7, 11) is 0. The molecule has 1 N–H and O–H groups in total. The lowest BCUT2D eigenvalue weighted by molar-refractivity contribution is -0.391. The van der Waals surface area contributed by atoms with Crippen molar-refractivity contribution in [2.24, 2.45) is 0 Å². The zero-order valence-corrected chi connectivity index (χ0v) is 14.0. The molecule has 2 aromatic carbocycles. The van der Waals surface area contributed by atoms with Gasteiger partial charge in [0.15, 0.2) is 11.5 Å². The highest BCUT2D eigenvalue weighted by molar-refractivity contribution is 5.91. The first-order valence-electron chi connectivity index (χ1n) is 8.17. The first-order chi connectivity index (χ1) is 13.1. The zero-order chi connectivity index (χ0) is 20.1. The van der Waals surface area contributed by atoms with Crippen LogP contribution < -0.4 is 9.47 Å². The summed E-state index contributed by atoms with van der Waals surface area (Å²) < 4.78 is 66.4. The Morgan fingerprint density at radius 1 is 0.857 bits per heavy atom. The molecule has 0 radical (unpaired) electrons. The Bertz CT molecular complexity index is 1070. The van der Waals surface area contributed by atoms with E-state index in [4.69, 9.17) is 9.52 Å². The van der Waals surface area contributed by atoms with Gasteiger partial charge in [0, 0.05) is 5.39 Å². The normalized spacial score (nSPS) is 16.9. The summed E-state index contributed by atoms with van der Waals surface area (Å²) in [6, 6.07) is 10.5. The number of carbonyl (C=O) groups is 1. The van der Waals surface area contributed by atoms with Crippen LogP contribution in [-0.4, -0.2) is 23.3 Å². The molecule has 9 heteroatoms. The average Bonchev–Trinajstić information content (AvgIpc) is 3.04. The van der Waals surface area contributed by atoms with Gasteiger partial charge in [-0.3, -0.25) is 0 Å². The predicted molar refractivity (Wildman–Crippen MR) is 88.2 cm³/mol. The van der Waals surface area contributed by atoms with Gasteiger partial charge in [-0.2, -0.15) is 17.6 Å². The van der Waals surface area contributed by atoms with Crippen molar-refractivity contribution in [3.63, 3.8) is 0 Å². The standard InChI is InChI=1S/C19H12F4O5/c20-18(21)19(22,23)28-15-8-11(4-6-13(15)27-18)2-1-10-3-5-12-9-16(17(24)25)26-14(12)7-10/h3-9H,1-2H2,(H,24,25). The number of rotatable bonds is 4. The maximum absolute atomic E-state index is 13.3. The number of hydrogen-bond acceptors (Lipinski definition) is 4. The van der Waals surface area contributed by atoms with Gasteiger partial charge in [0.2, 0.25) is 5.76 Å². The summed E-state index contributed by atoms with van der Waals surface area (Å²) in [5.74, 6) is -2.26. The number of aromatic carboxylic acids is 1. The zero-order valence-electron chi connectivity index (χ0n) is 14.0. The van der Waals surface area contributed by atoms with E-state index in [2.05, 4.69) is 9.47 Å². The van der Waals surface area contributed by atoms with Gasteiger partial charge in [0.05, 0.1) is 0 Å². The average molecular weight is 396 g/mol. The lowest BCUT2D eigenvalue weighted by Gasteiger charge is -2.31. The van der Waals surface area contributed by atoms with Crippen molar-refractivity contribution in [2.75, 3.05) is 0 Å². The number of aryl methyl sites for hydroxylation is 2. The van der Waals surface area contributed by atoms with E-state index in [0.717, 1.165) is 11.6 Å². The molecule has 0 spiro atoms. The number of hydrogen-bond donors (Lipinski definition) is 1. The van der Waals surface area contributed by atoms with Crippen LogP contribution in [0.15, 0.2) is 46.9 Å². The molecule has 0 saturated heterocycles. The maximum Gasteiger partial charge on any atom is 0.507 e. The predicted octanol–water partition coefficient (Wildman–Crippen LogP) is 4.87. The van der Waals surface area contributed by atoms with Gasteiger partial charge in [0.25, 0.3) is 0 Å². The van der Waals surface area contributed by atoms with Crippen LogP contribution in [0.4, 0.5) is 17.6 Å². The molecule has 4 rings (SSSR count). The van der Waals surface area contributed by atoms with E-state index in [1.165, 1.54) is 18.2 Å². The smallest absolute Gasteiger partial charge is 0.475 e. The lowest BCUT2D eigenvalue weighted by atomic mass is 10.0. The van der Waals surface area contributed by atoms with E-state index in [9.17, 15) is 22.4 Å². The van der Waals surface area contributed by atoms with Crippen LogP contribution in [0.1, 0.15) is 21.7 Å². The molecule has 0 bridgehead atoms. The van der Waals surface area contributed by atoms with Crippen LogP contribution in [0.3, 0.4) is 0 Å². The van der Waals surface area contributed by atoms with Crippen molar-refractivity contribution in [3.05, 3.63) is 59.4 Å². The Morgan fingerprint density at radius 3 is 2.14 bits per heavy atom.